The molecule has 0 aliphatic heterocycles. The molecule has 0 saturated carbocycles. The summed E-state index contributed by atoms with van der Waals surface area (Å²) in [7, 11) is 0. The van der Waals surface area contributed by atoms with E-state index in [-0.39, 0.29) is 6.10 Å². The Labute approximate surface area is 108 Å². The fourth-order valence-corrected chi connectivity index (χ4v) is 1.39. The van der Waals surface area contributed by atoms with Crippen molar-refractivity contribution in [3.63, 3.8) is 0 Å². The summed E-state index contributed by atoms with van der Waals surface area (Å²) in [6, 6.07) is 0.417. The van der Waals surface area contributed by atoms with Gasteiger partial charge in [0.05, 0.1) is 31.1 Å². The molecule has 18 heavy (non-hydrogen) atoms. The van der Waals surface area contributed by atoms with Gasteiger partial charge in [-0.05, 0) is 13.8 Å². The van der Waals surface area contributed by atoms with Gasteiger partial charge in [0.2, 0.25) is 0 Å². The third-order valence-corrected chi connectivity index (χ3v) is 2.30. The van der Waals surface area contributed by atoms with Crippen LogP contribution < -0.4 is 5.32 Å². The Morgan fingerprint density at radius 2 is 2.11 bits per heavy atom. The number of aromatic nitrogens is 3. The van der Waals surface area contributed by atoms with Crippen LogP contribution in [0, 0.1) is 0 Å². The molecule has 6 heteroatoms. The van der Waals surface area contributed by atoms with Crippen molar-refractivity contribution in [1.82, 2.24) is 20.3 Å². The maximum absolute atomic E-state index is 9.75. The number of aliphatic hydroxyl groups excluding tert-OH is 1. The average molecular weight is 256 g/mol. The van der Waals surface area contributed by atoms with Gasteiger partial charge in [0, 0.05) is 18.8 Å². The van der Waals surface area contributed by atoms with E-state index in [4.69, 9.17) is 4.74 Å². The van der Waals surface area contributed by atoms with Gasteiger partial charge in [-0.3, -0.25) is 0 Å². The molecule has 0 aliphatic rings. The Balaban J connectivity index is 2.34. The van der Waals surface area contributed by atoms with Crippen molar-refractivity contribution in [1.29, 1.82) is 0 Å². The zero-order chi connectivity index (χ0) is 13.5. The summed E-state index contributed by atoms with van der Waals surface area (Å²) in [4.78, 5) is 0. The number of nitrogens with one attached hydrogen (secondary N) is 1. The minimum absolute atomic E-state index is 0.126. The maximum Gasteiger partial charge on any atom is 0.0969 e. The van der Waals surface area contributed by atoms with Crippen LogP contribution in [0.3, 0.4) is 0 Å². The molecular formula is C12H24N4O2. The minimum atomic E-state index is -0.556. The first kappa shape index (κ1) is 15.1. The molecule has 0 fully saturated rings. The third-order valence-electron chi connectivity index (χ3n) is 2.30. The quantitative estimate of drug-likeness (QED) is 0.711. The van der Waals surface area contributed by atoms with E-state index in [1.165, 1.54) is 0 Å². The first-order chi connectivity index (χ1) is 8.47. The zero-order valence-electron chi connectivity index (χ0n) is 11.6. The van der Waals surface area contributed by atoms with Crippen LogP contribution in [0.15, 0.2) is 6.20 Å². The molecule has 1 heterocycles. The Hall–Kier alpha value is -0.980. The van der Waals surface area contributed by atoms with Crippen molar-refractivity contribution >= 4 is 0 Å². The SMILES string of the molecule is CC(C)NCc1cn(CC(O)COC(C)C)nn1. The zero-order valence-corrected chi connectivity index (χ0v) is 11.6. The minimum Gasteiger partial charge on any atom is -0.389 e. The monoisotopic (exact) mass is 256 g/mol. The first-order valence-electron chi connectivity index (χ1n) is 6.39. The topological polar surface area (TPSA) is 72.2 Å². The van der Waals surface area contributed by atoms with Gasteiger partial charge in [0.25, 0.3) is 0 Å². The molecule has 0 bridgehead atoms. The van der Waals surface area contributed by atoms with Crippen molar-refractivity contribution < 1.29 is 9.84 Å². The van der Waals surface area contributed by atoms with Gasteiger partial charge in [-0.1, -0.05) is 19.1 Å². The van der Waals surface area contributed by atoms with Crippen molar-refractivity contribution in [2.24, 2.45) is 0 Å². The second kappa shape index (κ2) is 7.45. The molecule has 1 atom stereocenters. The van der Waals surface area contributed by atoms with Gasteiger partial charge in [0.15, 0.2) is 0 Å². The molecule has 0 spiro atoms. The van der Waals surface area contributed by atoms with E-state index >= 15 is 0 Å². The second-order valence-electron chi connectivity index (χ2n) is 5.00. The number of ether oxygens (including phenoxy) is 1. The van der Waals surface area contributed by atoms with E-state index in [1.807, 2.05) is 20.0 Å². The summed E-state index contributed by atoms with van der Waals surface area (Å²) in [6.45, 7) is 9.46. The summed E-state index contributed by atoms with van der Waals surface area (Å²) in [6.07, 6.45) is 1.41. The van der Waals surface area contributed by atoms with Crippen molar-refractivity contribution in [3.05, 3.63) is 11.9 Å². The largest absolute Gasteiger partial charge is 0.389 e. The number of hydrogen-bond donors (Lipinski definition) is 2. The maximum atomic E-state index is 9.75. The Morgan fingerprint density at radius 3 is 2.72 bits per heavy atom. The fraction of sp³-hybridized carbons (Fsp3) is 0.833. The van der Waals surface area contributed by atoms with Crippen LogP contribution in [-0.2, 0) is 17.8 Å². The molecule has 2 N–H and O–H groups in total. The highest BCUT2D eigenvalue weighted by Gasteiger charge is 2.09. The van der Waals surface area contributed by atoms with E-state index in [0.717, 1.165) is 5.69 Å². The molecular weight excluding hydrogens is 232 g/mol. The Morgan fingerprint density at radius 1 is 1.39 bits per heavy atom. The van der Waals surface area contributed by atoms with E-state index in [9.17, 15) is 5.11 Å². The lowest BCUT2D eigenvalue weighted by molar-refractivity contribution is -0.00221. The van der Waals surface area contributed by atoms with Gasteiger partial charge in [-0.2, -0.15) is 0 Å². The van der Waals surface area contributed by atoms with Crippen LogP contribution in [0.4, 0.5) is 0 Å². The van der Waals surface area contributed by atoms with Crippen LogP contribution in [0.1, 0.15) is 33.4 Å². The van der Waals surface area contributed by atoms with Gasteiger partial charge in [0.1, 0.15) is 0 Å². The van der Waals surface area contributed by atoms with E-state index in [2.05, 4.69) is 29.5 Å². The number of rotatable bonds is 8. The Bertz CT molecular complexity index is 339. The molecule has 0 amide bonds. The van der Waals surface area contributed by atoms with Gasteiger partial charge in [-0.15, -0.1) is 5.10 Å². The highest BCUT2D eigenvalue weighted by Crippen LogP contribution is 1.98. The van der Waals surface area contributed by atoms with Crippen LogP contribution in [-0.4, -0.2) is 45.0 Å². The third kappa shape index (κ3) is 6.09. The molecule has 1 aromatic rings. The molecule has 0 saturated heterocycles. The average Bonchev–Trinajstić information content (AvgIpc) is 2.71. The summed E-state index contributed by atoms with van der Waals surface area (Å²) in [5, 5.41) is 21.0. The van der Waals surface area contributed by atoms with E-state index in [0.29, 0.717) is 25.7 Å². The number of nitrogens with zero attached hydrogens (tertiary/aromatic N) is 3. The second-order valence-corrected chi connectivity index (χ2v) is 5.00. The van der Waals surface area contributed by atoms with E-state index < -0.39 is 6.10 Å². The fourth-order valence-electron chi connectivity index (χ4n) is 1.39. The molecule has 0 aliphatic carbocycles. The molecule has 0 aromatic carbocycles. The summed E-state index contributed by atoms with van der Waals surface area (Å²) in [5.74, 6) is 0. The predicted molar refractivity (Wildman–Crippen MR) is 69.1 cm³/mol. The first-order valence-corrected chi connectivity index (χ1v) is 6.39. The normalized spacial score (nSPS) is 13.5. The van der Waals surface area contributed by atoms with E-state index in [1.54, 1.807) is 4.68 Å². The Kier molecular flexibility index (Phi) is 6.24. The molecule has 0 radical (unpaired) electrons. The van der Waals surface area contributed by atoms with Gasteiger partial charge >= 0.3 is 0 Å². The predicted octanol–water partition coefficient (Wildman–Crippen LogP) is 0.562. The highest BCUT2D eigenvalue weighted by molar-refractivity contribution is 4.92. The summed E-state index contributed by atoms with van der Waals surface area (Å²) < 4.78 is 6.98. The molecule has 104 valence electrons. The van der Waals surface area contributed by atoms with Crippen molar-refractivity contribution in [2.45, 2.75) is 59.0 Å². The van der Waals surface area contributed by atoms with Gasteiger partial charge in [-0.25, -0.2) is 4.68 Å². The lowest BCUT2D eigenvalue weighted by Gasteiger charge is -2.12. The highest BCUT2D eigenvalue weighted by atomic mass is 16.5. The molecule has 1 rings (SSSR count). The standard InChI is InChI=1S/C12H24N4O2/c1-9(2)13-5-11-6-16(15-14-11)7-12(17)8-18-10(3)4/h6,9-10,12-13,17H,5,7-8H2,1-4H3. The molecule has 1 aromatic heterocycles. The van der Waals surface area contributed by atoms with Gasteiger partial charge < -0.3 is 15.2 Å². The van der Waals surface area contributed by atoms with Crippen LogP contribution >= 0.6 is 0 Å². The molecule has 1 unspecified atom stereocenters. The number of hydrogen-bond acceptors (Lipinski definition) is 5. The lowest BCUT2D eigenvalue weighted by Crippen LogP contribution is -2.24. The lowest BCUT2D eigenvalue weighted by atomic mass is 10.3. The summed E-state index contributed by atoms with van der Waals surface area (Å²) in [5.41, 5.74) is 0.876. The van der Waals surface area contributed by atoms with Crippen LogP contribution in [0.5, 0.6) is 0 Å². The van der Waals surface area contributed by atoms with Crippen molar-refractivity contribution in [2.75, 3.05) is 6.61 Å². The van der Waals surface area contributed by atoms with Crippen LogP contribution in [0.25, 0.3) is 0 Å². The smallest absolute Gasteiger partial charge is 0.0969 e. The summed E-state index contributed by atoms with van der Waals surface area (Å²) >= 11 is 0. The van der Waals surface area contributed by atoms with Crippen molar-refractivity contribution in [3.8, 4) is 0 Å². The molecule has 6 nitrogen and oxygen atoms in total. The number of aliphatic hydroxyl groups is 1. The van der Waals surface area contributed by atoms with Crippen LogP contribution in [0.2, 0.25) is 0 Å².